The molecule has 0 aliphatic heterocycles. The summed E-state index contributed by atoms with van der Waals surface area (Å²) < 4.78 is 2.47. The number of anilines is 3. The Hall–Kier alpha value is -4.73. The zero-order chi connectivity index (χ0) is 27.6. The number of benzene rings is 5. The smallest absolute Gasteiger partial charge is 0.0889 e. The van der Waals surface area contributed by atoms with Crippen molar-refractivity contribution in [3.63, 3.8) is 0 Å². The molecular weight excluding hydrogens is 516 g/mol. The number of thiophene rings is 1. The van der Waals surface area contributed by atoms with Crippen molar-refractivity contribution < 1.29 is 0 Å². The summed E-state index contributed by atoms with van der Waals surface area (Å²) in [6.45, 7) is 4.69. The maximum atomic E-state index is 4.74. The summed E-state index contributed by atoms with van der Waals surface area (Å²) in [4.78, 5) is 7.13. The van der Waals surface area contributed by atoms with E-state index in [9.17, 15) is 0 Å². The third kappa shape index (κ3) is 3.81. The summed E-state index contributed by atoms with van der Waals surface area (Å²) in [5.74, 6) is 0. The minimum absolute atomic E-state index is 0.0673. The molecule has 0 atom stereocenters. The second kappa shape index (κ2) is 9.15. The van der Waals surface area contributed by atoms with Gasteiger partial charge in [-0.05, 0) is 88.0 Å². The molecule has 8 rings (SSSR count). The zero-order valence-electron chi connectivity index (χ0n) is 23.0. The van der Waals surface area contributed by atoms with Crippen molar-refractivity contribution >= 4 is 48.7 Å². The van der Waals surface area contributed by atoms with E-state index in [2.05, 4.69) is 140 Å². The molecule has 3 heteroatoms. The average molecular weight is 545 g/mol. The van der Waals surface area contributed by atoms with E-state index in [0.717, 1.165) is 22.6 Å². The molecule has 0 spiro atoms. The molecule has 5 aromatic carbocycles. The highest BCUT2D eigenvalue weighted by Crippen LogP contribution is 2.51. The molecule has 0 saturated carbocycles. The van der Waals surface area contributed by atoms with Crippen LogP contribution in [0, 0.1) is 0 Å². The summed E-state index contributed by atoms with van der Waals surface area (Å²) in [6.07, 6.45) is 1.89. The zero-order valence-corrected chi connectivity index (χ0v) is 23.8. The molecule has 41 heavy (non-hydrogen) atoms. The number of hydrogen-bond donors (Lipinski definition) is 0. The molecule has 0 radical (unpaired) electrons. The first kappa shape index (κ1) is 24.1. The normalized spacial score (nSPS) is 13.3. The quantitative estimate of drug-likeness (QED) is 0.219. The van der Waals surface area contributed by atoms with Gasteiger partial charge in [-0.2, -0.15) is 0 Å². The van der Waals surface area contributed by atoms with E-state index in [-0.39, 0.29) is 5.41 Å². The van der Waals surface area contributed by atoms with Crippen LogP contribution in [0.15, 0.2) is 134 Å². The molecule has 0 saturated heterocycles. The van der Waals surface area contributed by atoms with E-state index in [1.165, 1.54) is 48.2 Å². The minimum atomic E-state index is -0.0673. The van der Waals surface area contributed by atoms with E-state index < -0.39 is 0 Å². The Labute approximate surface area is 244 Å². The molecule has 1 aliphatic rings. The van der Waals surface area contributed by atoms with Gasteiger partial charge in [-0.25, -0.2) is 0 Å². The number of fused-ring (bicyclic) bond motifs is 6. The largest absolute Gasteiger partial charge is 0.310 e. The Morgan fingerprint density at radius 3 is 2.10 bits per heavy atom. The fraction of sp³-hybridized carbons (Fsp3) is 0.0789. The average Bonchev–Trinajstić information content (AvgIpc) is 3.50. The van der Waals surface area contributed by atoms with Crippen LogP contribution in [0.2, 0.25) is 0 Å². The van der Waals surface area contributed by atoms with E-state index in [1.807, 2.05) is 12.3 Å². The van der Waals surface area contributed by atoms with Crippen LogP contribution in [0.4, 0.5) is 17.1 Å². The van der Waals surface area contributed by atoms with Gasteiger partial charge >= 0.3 is 0 Å². The third-order valence-electron chi connectivity index (χ3n) is 8.52. The van der Waals surface area contributed by atoms with Crippen molar-refractivity contribution in [1.29, 1.82) is 0 Å². The number of rotatable bonds is 4. The van der Waals surface area contributed by atoms with Gasteiger partial charge in [-0.3, -0.25) is 4.98 Å². The Kier molecular flexibility index (Phi) is 5.38. The van der Waals surface area contributed by atoms with E-state index in [1.54, 1.807) is 11.3 Å². The first-order valence-electron chi connectivity index (χ1n) is 14.1. The van der Waals surface area contributed by atoms with Crippen LogP contribution in [0.5, 0.6) is 0 Å². The van der Waals surface area contributed by atoms with Crippen molar-refractivity contribution in [3.8, 4) is 22.3 Å². The second-order valence-electron chi connectivity index (χ2n) is 11.3. The molecule has 0 bridgehead atoms. The first-order chi connectivity index (χ1) is 20.1. The molecule has 0 fully saturated rings. The van der Waals surface area contributed by atoms with Crippen molar-refractivity contribution in [2.24, 2.45) is 0 Å². The highest BCUT2D eigenvalue weighted by atomic mass is 32.1. The van der Waals surface area contributed by atoms with Crippen LogP contribution < -0.4 is 4.90 Å². The van der Waals surface area contributed by atoms with Crippen LogP contribution in [0.1, 0.15) is 25.0 Å². The Morgan fingerprint density at radius 1 is 0.561 bits per heavy atom. The van der Waals surface area contributed by atoms with Gasteiger partial charge in [0.25, 0.3) is 0 Å². The highest BCUT2D eigenvalue weighted by Gasteiger charge is 2.35. The SMILES string of the molecule is CC1(C)c2ccccc2-c2ccc(N(c3ccc(-c4ccccc4)cc3)c3ccc4sc5cccnc5c4c3)cc21. The first-order valence-corrected chi connectivity index (χ1v) is 14.9. The number of pyridine rings is 1. The fourth-order valence-corrected chi connectivity index (χ4v) is 7.48. The topological polar surface area (TPSA) is 16.1 Å². The minimum Gasteiger partial charge on any atom is -0.310 e. The summed E-state index contributed by atoms with van der Waals surface area (Å²) in [7, 11) is 0. The van der Waals surface area contributed by atoms with Crippen molar-refractivity contribution in [2.45, 2.75) is 19.3 Å². The molecule has 2 nitrogen and oxygen atoms in total. The van der Waals surface area contributed by atoms with E-state index in [0.29, 0.717) is 0 Å². The Bertz CT molecular complexity index is 2070. The molecule has 2 heterocycles. The predicted molar refractivity (Wildman–Crippen MR) is 175 cm³/mol. The lowest BCUT2D eigenvalue weighted by Crippen LogP contribution is -2.16. The van der Waals surface area contributed by atoms with Crippen molar-refractivity contribution in [1.82, 2.24) is 4.98 Å². The second-order valence-corrected chi connectivity index (χ2v) is 12.4. The number of hydrogen-bond acceptors (Lipinski definition) is 3. The summed E-state index contributed by atoms with van der Waals surface area (Å²) in [5.41, 5.74) is 12.3. The lowest BCUT2D eigenvalue weighted by atomic mass is 9.82. The summed E-state index contributed by atoms with van der Waals surface area (Å²) in [6, 6.07) is 46.3. The molecule has 0 unspecified atom stereocenters. The van der Waals surface area contributed by atoms with Gasteiger partial charge in [0.2, 0.25) is 0 Å². The molecule has 196 valence electrons. The molecule has 0 amide bonds. The van der Waals surface area contributed by atoms with Crippen LogP contribution in [-0.4, -0.2) is 4.98 Å². The van der Waals surface area contributed by atoms with E-state index in [4.69, 9.17) is 4.98 Å². The number of aromatic nitrogens is 1. The van der Waals surface area contributed by atoms with E-state index >= 15 is 0 Å². The van der Waals surface area contributed by atoms with Crippen molar-refractivity contribution in [3.05, 3.63) is 145 Å². The Morgan fingerprint density at radius 2 is 1.24 bits per heavy atom. The van der Waals surface area contributed by atoms with Gasteiger partial charge < -0.3 is 4.90 Å². The third-order valence-corrected chi connectivity index (χ3v) is 9.65. The van der Waals surface area contributed by atoms with Crippen LogP contribution in [0.3, 0.4) is 0 Å². The van der Waals surface area contributed by atoms with Crippen LogP contribution in [0.25, 0.3) is 42.6 Å². The lowest BCUT2D eigenvalue weighted by molar-refractivity contribution is 0.660. The molecule has 7 aromatic rings. The maximum absolute atomic E-state index is 4.74. The van der Waals surface area contributed by atoms with Gasteiger partial charge in [0.15, 0.2) is 0 Å². The maximum Gasteiger partial charge on any atom is 0.0889 e. The van der Waals surface area contributed by atoms with Gasteiger partial charge in [0, 0.05) is 38.8 Å². The fourth-order valence-electron chi connectivity index (χ4n) is 6.44. The summed E-state index contributed by atoms with van der Waals surface area (Å²) >= 11 is 1.80. The summed E-state index contributed by atoms with van der Waals surface area (Å²) in [5, 5.41) is 1.20. The monoisotopic (exact) mass is 544 g/mol. The van der Waals surface area contributed by atoms with Gasteiger partial charge in [0.1, 0.15) is 0 Å². The van der Waals surface area contributed by atoms with Crippen LogP contribution >= 0.6 is 11.3 Å². The highest BCUT2D eigenvalue weighted by molar-refractivity contribution is 7.25. The van der Waals surface area contributed by atoms with Gasteiger partial charge in [-0.1, -0.05) is 86.6 Å². The standard InChI is InChI=1S/C38H28N2S/c1-38(2)33-12-7-6-11-30(33)31-20-18-29(24-34(31)38)40(27-16-14-26(15-17-27)25-9-4-3-5-10-25)28-19-21-35-32(23-28)37-36(41-35)13-8-22-39-37/h3-24H,1-2H3. The Balaban J connectivity index is 1.31. The number of nitrogens with zero attached hydrogens (tertiary/aromatic N) is 2. The van der Waals surface area contributed by atoms with Crippen LogP contribution in [-0.2, 0) is 5.41 Å². The predicted octanol–water partition coefficient (Wildman–Crippen LogP) is 10.9. The molecule has 0 N–H and O–H groups in total. The molecule has 1 aliphatic carbocycles. The van der Waals surface area contributed by atoms with Gasteiger partial charge in [-0.15, -0.1) is 11.3 Å². The lowest BCUT2D eigenvalue weighted by Gasteiger charge is -2.28. The van der Waals surface area contributed by atoms with Crippen molar-refractivity contribution in [2.75, 3.05) is 4.90 Å². The molecule has 2 aromatic heterocycles. The van der Waals surface area contributed by atoms with Gasteiger partial charge in [0.05, 0.1) is 10.2 Å². The molecular formula is C38H28N2S.